The summed E-state index contributed by atoms with van der Waals surface area (Å²) >= 11 is 0. The molecule has 1 aromatic carbocycles. The normalized spacial score (nSPS) is 10.7. The fraction of sp³-hybridized carbons (Fsp3) is 0.176. The van der Waals surface area contributed by atoms with E-state index in [0.717, 1.165) is 5.56 Å². The highest BCUT2D eigenvalue weighted by Crippen LogP contribution is 2.12. The molecule has 138 valence electrons. The van der Waals surface area contributed by atoms with Gasteiger partial charge in [0.2, 0.25) is 0 Å². The Morgan fingerprint density at radius 3 is 2.63 bits per heavy atom. The maximum absolute atomic E-state index is 12.5. The van der Waals surface area contributed by atoms with Crippen molar-refractivity contribution < 1.29 is 14.7 Å². The van der Waals surface area contributed by atoms with Gasteiger partial charge >= 0.3 is 5.97 Å². The van der Waals surface area contributed by atoms with Gasteiger partial charge in [0.05, 0.1) is 5.29 Å². The van der Waals surface area contributed by atoms with Gasteiger partial charge in [-0.2, -0.15) is 5.01 Å². The Morgan fingerprint density at radius 1 is 1.22 bits per heavy atom. The third kappa shape index (κ3) is 3.73. The van der Waals surface area contributed by atoms with Crippen molar-refractivity contribution in [3.8, 4) is 0 Å². The van der Waals surface area contributed by atoms with E-state index in [1.165, 1.54) is 16.9 Å². The highest BCUT2D eigenvalue weighted by molar-refractivity contribution is 6.00. The number of carbonyl (C=O) groups is 2. The highest BCUT2D eigenvalue weighted by atomic mass is 16.4. The lowest BCUT2D eigenvalue weighted by Crippen LogP contribution is -2.34. The number of nitrogens with one attached hydrogen (secondary N) is 1. The first-order chi connectivity index (χ1) is 13.0. The van der Waals surface area contributed by atoms with Gasteiger partial charge in [0.1, 0.15) is 18.4 Å². The van der Waals surface area contributed by atoms with E-state index in [-0.39, 0.29) is 10.7 Å². The van der Waals surface area contributed by atoms with Crippen LogP contribution in [-0.4, -0.2) is 43.1 Å². The number of hydrogen-bond donors (Lipinski definition) is 2. The second-order valence-corrected chi connectivity index (χ2v) is 5.75. The second-order valence-electron chi connectivity index (χ2n) is 5.75. The predicted molar refractivity (Wildman–Crippen MR) is 94.1 cm³/mol. The van der Waals surface area contributed by atoms with Crippen molar-refractivity contribution in [2.45, 2.75) is 12.8 Å². The smallest absolute Gasteiger partial charge is 0.325 e. The average molecular weight is 369 g/mol. The molecule has 3 rings (SSSR count). The number of pyridine rings is 1. The largest absolute Gasteiger partial charge is 0.480 e. The minimum absolute atomic E-state index is 0.00889. The number of nitroso groups, excluding NO2 is 1. The molecular weight excluding hydrogens is 354 g/mol. The Balaban J connectivity index is 1.97. The molecule has 0 aliphatic heterocycles. The fourth-order valence-electron chi connectivity index (χ4n) is 2.76. The Bertz CT molecular complexity index is 1060. The van der Waals surface area contributed by atoms with Gasteiger partial charge in [-0.1, -0.05) is 30.3 Å². The SMILES string of the molecule is O=NN(CC(=O)O)C(=O)c1c(=O)cc(CCc2ccccc2)n2[nH]cnc12. The van der Waals surface area contributed by atoms with Crippen LogP contribution in [0.3, 0.4) is 0 Å². The summed E-state index contributed by atoms with van der Waals surface area (Å²) in [5.74, 6) is -2.54. The molecule has 0 aliphatic carbocycles. The monoisotopic (exact) mass is 369 g/mol. The van der Waals surface area contributed by atoms with Crippen molar-refractivity contribution in [2.75, 3.05) is 6.54 Å². The van der Waals surface area contributed by atoms with Gasteiger partial charge in [-0.3, -0.25) is 19.5 Å². The number of amides is 1. The first-order valence-corrected chi connectivity index (χ1v) is 8.00. The Hall–Kier alpha value is -3.82. The minimum atomic E-state index is -1.43. The summed E-state index contributed by atoms with van der Waals surface area (Å²) in [7, 11) is 0. The molecule has 0 saturated carbocycles. The van der Waals surface area contributed by atoms with E-state index in [2.05, 4.69) is 15.4 Å². The van der Waals surface area contributed by atoms with Crippen LogP contribution in [0, 0.1) is 4.91 Å². The maximum Gasteiger partial charge on any atom is 0.325 e. The molecule has 0 bridgehead atoms. The predicted octanol–water partition coefficient (Wildman–Crippen LogP) is 1.02. The first-order valence-electron chi connectivity index (χ1n) is 8.00. The highest BCUT2D eigenvalue weighted by Gasteiger charge is 2.26. The fourth-order valence-corrected chi connectivity index (χ4v) is 2.76. The molecule has 0 radical (unpaired) electrons. The molecule has 0 aliphatic rings. The summed E-state index contributed by atoms with van der Waals surface area (Å²) in [6.45, 7) is -0.950. The number of aliphatic carboxylic acids is 1. The zero-order valence-electron chi connectivity index (χ0n) is 14.0. The number of benzene rings is 1. The van der Waals surface area contributed by atoms with Gasteiger partial charge in [0, 0.05) is 11.8 Å². The van der Waals surface area contributed by atoms with E-state index < -0.39 is 29.4 Å². The molecule has 27 heavy (non-hydrogen) atoms. The van der Waals surface area contributed by atoms with E-state index in [9.17, 15) is 19.3 Å². The number of rotatable bonds is 7. The van der Waals surface area contributed by atoms with Gasteiger partial charge in [-0.05, 0) is 18.4 Å². The maximum atomic E-state index is 12.5. The quantitative estimate of drug-likeness (QED) is 0.471. The topological polar surface area (TPSA) is 137 Å². The van der Waals surface area contributed by atoms with Crippen LogP contribution < -0.4 is 5.43 Å². The molecule has 2 aromatic heterocycles. The number of fused-ring (bicyclic) bond motifs is 1. The molecule has 0 saturated heterocycles. The minimum Gasteiger partial charge on any atom is -0.480 e. The van der Waals surface area contributed by atoms with E-state index in [0.29, 0.717) is 18.5 Å². The number of aryl methyl sites for hydroxylation is 2. The zero-order chi connectivity index (χ0) is 19.4. The molecule has 10 nitrogen and oxygen atoms in total. The van der Waals surface area contributed by atoms with Crippen molar-refractivity contribution in [1.82, 2.24) is 19.6 Å². The van der Waals surface area contributed by atoms with Gasteiger partial charge in [0.25, 0.3) is 5.91 Å². The number of aromatic amines is 1. The van der Waals surface area contributed by atoms with Crippen molar-refractivity contribution >= 4 is 17.5 Å². The first kappa shape index (κ1) is 18.0. The Labute approximate surface area is 152 Å². The van der Waals surface area contributed by atoms with Crippen LogP contribution in [-0.2, 0) is 17.6 Å². The Morgan fingerprint density at radius 2 is 1.96 bits per heavy atom. The lowest BCUT2D eigenvalue weighted by atomic mass is 10.1. The van der Waals surface area contributed by atoms with E-state index in [1.807, 2.05) is 30.3 Å². The van der Waals surface area contributed by atoms with E-state index in [4.69, 9.17) is 5.11 Å². The number of hydrogen-bond acceptors (Lipinski definition) is 6. The number of H-pyrrole nitrogens is 1. The molecule has 2 N–H and O–H groups in total. The van der Waals surface area contributed by atoms with Crippen molar-refractivity contribution in [1.29, 1.82) is 0 Å². The van der Waals surface area contributed by atoms with Crippen LogP contribution in [0.2, 0.25) is 0 Å². The summed E-state index contributed by atoms with van der Waals surface area (Å²) in [4.78, 5) is 50.5. The standard InChI is InChI=1S/C17H15N5O5/c23-13-8-12(7-6-11-4-2-1-3-5-11)22-16(18-10-19-22)15(13)17(26)21(20-27)9-14(24)25/h1-5,8,10H,6-7,9H2,(H,18,19)(H,24,25). The summed E-state index contributed by atoms with van der Waals surface area (Å²) in [5.41, 5.74) is 0.609. The van der Waals surface area contributed by atoms with Crippen molar-refractivity contribution in [3.05, 3.63) is 74.7 Å². The zero-order valence-corrected chi connectivity index (χ0v) is 14.0. The van der Waals surface area contributed by atoms with Crippen LogP contribution in [0.25, 0.3) is 5.65 Å². The lowest BCUT2D eigenvalue weighted by Gasteiger charge is -2.12. The summed E-state index contributed by atoms with van der Waals surface area (Å²) in [6.07, 6.45) is 2.46. The van der Waals surface area contributed by atoms with Crippen LogP contribution in [0.15, 0.2) is 52.8 Å². The van der Waals surface area contributed by atoms with Gasteiger partial charge in [-0.15, -0.1) is 4.91 Å². The number of aromatic nitrogens is 3. The molecule has 1 amide bonds. The number of carboxylic acids is 1. The van der Waals surface area contributed by atoms with Gasteiger partial charge in [-0.25, -0.2) is 9.50 Å². The van der Waals surface area contributed by atoms with E-state index >= 15 is 0 Å². The van der Waals surface area contributed by atoms with E-state index in [1.54, 1.807) is 0 Å². The molecule has 0 atom stereocenters. The molecular formula is C17H15N5O5. The van der Waals surface area contributed by atoms with Crippen LogP contribution in [0.1, 0.15) is 21.6 Å². The van der Waals surface area contributed by atoms with Crippen LogP contribution in [0.4, 0.5) is 0 Å². The summed E-state index contributed by atoms with van der Waals surface area (Å²) in [5, 5.41) is 14.2. The molecule has 2 heterocycles. The summed E-state index contributed by atoms with van der Waals surface area (Å²) in [6, 6.07) is 10.9. The Kier molecular flexibility index (Phi) is 5.06. The third-order valence-electron chi connectivity index (χ3n) is 3.98. The molecule has 10 heteroatoms. The van der Waals surface area contributed by atoms with Gasteiger partial charge < -0.3 is 5.11 Å². The molecule has 3 aromatic rings. The molecule has 0 unspecified atom stereocenters. The van der Waals surface area contributed by atoms with Gasteiger partial charge in [0.15, 0.2) is 11.1 Å². The third-order valence-corrected chi connectivity index (χ3v) is 3.98. The number of carboxylic acid groups (broad SMARTS) is 1. The summed E-state index contributed by atoms with van der Waals surface area (Å²) < 4.78 is 1.46. The molecule has 0 fully saturated rings. The van der Waals surface area contributed by atoms with Crippen molar-refractivity contribution in [3.63, 3.8) is 0 Å². The second kappa shape index (κ2) is 7.60. The number of carbonyl (C=O) groups excluding carboxylic acids is 1. The average Bonchev–Trinajstić information content (AvgIpc) is 3.14. The van der Waals surface area contributed by atoms with Crippen LogP contribution in [0.5, 0.6) is 0 Å². The number of nitrogens with zero attached hydrogens (tertiary/aromatic N) is 4. The lowest BCUT2D eigenvalue weighted by molar-refractivity contribution is -0.137. The van der Waals surface area contributed by atoms with Crippen LogP contribution >= 0.6 is 0 Å². The molecule has 0 spiro atoms. The van der Waals surface area contributed by atoms with Crippen molar-refractivity contribution in [2.24, 2.45) is 5.29 Å².